The fourth-order valence-electron chi connectivity index (χ4n) is 3.15. The van der Waals surface area contributed by atoms with Gasteiger partial charge in [-0.3, -0.25) is 0 Å². The van der Waals surface area contributed by atoms with Crippen LogP contribution in [-0.2, 0) is 6.42 Å². The van der Waals surface area contributed by atoms with E-state index in [1.165, 1.54) is 27.8 Å². The van der Waals surface area contributed by atoms with Crippen molar-refractivity contribution in [2.75, 3.05) is 0 Å². The molecule has 0 fully saturated rings. The minimum Gasteiger partial charge on any atom is -0.0655 e. The maximum absolute atomic E-state index is 2.40. The minimum atomic E-state index is 0.554. The van der Waals surface area contributed by atoms with E-state index in [4.69, 9.17) is 0 Å². The van der Waals surface area contributed by atoms with Gasteiger partial charge in [-0.25, -0.2) is 0 Å². The number of fused-ring (bicyclic) bond motifs is 1. The molecule has 20 heavy (non-hydrogen) atoms. The summed E-state index contributed by atoms with van der Waals surface area (Å²) < 4.78 is 0. The second-order valence-corrected chi connectivity index (χ2v) is 5.95. The summed E-state index contributed by atoms with van der Waals surface area (Å²) in [5.41, 5.74) is 8.72. The maximum Gasteiger partial charge on any atom is -0.00577 e. The molecule has 0 aromatic heterocycles. The lowest BCUT2D eigenvalue weighted by Gasteiger charge is -2.15. The first kappa shape index (κ1) is 13.2. The summed E-state index contributed by atoms with van der Waals surface area (Å²) in [6.45, 7) is 6.80. The Hall–Kier alpha value is -1.82. The predicted molar refractivity (Wildman–Crippen MR) is 87.9 cm³/mol. The van der Waals surface area contributed by atoms with Gasteiger partial charge in [-0.05, 0) is 46.6 Å². The van der Waals surface area contributed by atoms with Crippen molar-refractivity contribution in [2.24, 2.45) is 0 Å². The second kappa shape index (κ2) is 5.28. The molecule has 0 bridgehead atoms. The van der Waals surface area contributed by atoms with Gasteiger partial charge < -0.3 is 0 Å². The van der Waals surface area contributed by atoms with Gasteiger partial charge in [-0.1, -0.05) is 74.9 Å². The molecule has 0 heterocycles. The van der Waals surface area contributed by atoms with E-state index in [2.05, 4.69) is 69.3 Å². The summed E-state index contributed by atoms with van der Waals surface area (Å²) in [6.07, 6.45) is 4.69. The van der Waals surface area contributed by atoms with Crippen molar-refractivity contribution in [2.45, 2.75) is 39.5 Å². The molecule has 3 rings (SSSR count). The third-order valence-corrected chi connectivity index (χ3v) is 4.29. The van der Waals surface area contributed by atoms with Gasteiger partial charge in [0.1, 0.15) is 0 Å². The van der Waals surface area contributed by atoms with Crippen molar-refractivity contribution in [1.82, 2.24) is 0 Å². The van der Waals surface area contributed by atoms with Crippen molar-refractivity contribution < 1.29 is 0 Å². The Morgan fingerprint density at radius 1 is 0.950 bits per heavy atom. The van der Waals surface area contributed by atoms with Crippen LogP contribution in [0.4, 0.5) is 0 Å². The van der Waals surface area contributed by atoms with Gasteiger partial charge in [0.05, 0.1) is 0 Å². The minimum absolute atomic E-state index is 0.554. The van der Waals surface area contributed by atoms with E-state index in [0.717, 1.165) is 12.8 Å². The van der Waals surface area contributed by atoms with Gasteiger partial charge in [0, 0.05) is 0 Å². The van der Waals surface area contributed by atoms with E-state index >= 15 is 0 Å². The van der Waals surface area contributed by atoms with E-state index in [1.54, 1.807) is 5.57 Å². The fourth-order valence-corrected chi connectivity index (χ4v) is 3.15. The Balaban J connectivity index is 2.18. The van der Waals surface area contributed by atoms with Crippen LogP contribution in [0.1, 0.15) is 49.8 Å². The molecule has 0 saturated heterocycles. The average molecular weight is 262 g/mol. The lowest BCUT2D eigenvalue weighted by Crippen LogP contribution is -1.94. The van der Waals surface area contributed by atoms with Crippen molar-refractivity contribution in [3.63, 3.8) is 0 Å². The molecule has 2 aromatic rings. The van der Waals surface area contributed by atoms with Crippen molar-refractivity contribution >= 4 is 6.08 Å². The summed E-state index contributed by atoms with van der Waals surface area (Å²) in [7, 11) is 0. The van der Waals surface area contributed by atoms with E-state index in [-0.39, 0.29) is 0 Å². The van der Waals surface area contributed by atoms with Crippen molar-refractivity contribution in [3.8, 4) is 11.1 Å². The molecule has 0 spiro atoms. The van der Waals surface area contributed by atoms with Crippen LogP contribution in [-0.4, -0.2) is 0 Å². The number of allylic oxidation sites excluding steroid dienone is 1. The first-order valence-electron chi connectivity index (χ1n) is 7.61. The molecule has 0 heteroatoms. The number of benzene rings is 2. The number of rotatable bonds is 3. The number of hydrogen-bond acceptors (Lipinski definition) is 0. The Morgan fingerprint density at radius 2 is 1.70 bits per heavy atom. The Morgan fingerprint density at radius 3 is 2.45 bits per heavy atom. The number of hydrogen-bond donors (Lipinski definition) is 0. The van der Waals surface area contributed by atoms with Crippen LogP contribution in [0.3, 0.4) is 0 Å². The topological polar surface area (TPSA) is 0 Å². The highest BCUT2D eigenvalue weighted by atomic mass is 14.2. The molecule has 0 radical (unpaired) electrons. The average Bonchev–Trinajstić information content (AvgIpc) is 2.90. The first-order valence-corrected chi connectivity index (χ1v) is 7.61. The summed E-state index contributed by atoms with van der Waals surface area (Å²) in [5, 5.41) is 0. The van der Waals surface area contributed by atoms with Gasteiger partial charge >= 0.3 is 0 Å². The van der Waals surface area contributed by atoms with E-state index < -0.39 is 0 Å². The lowest BCUT2D eigenvalue weighted by molar-refractivity contribution is 0.869. The molecule has 0 N–H and O–H groups in total. The van der Waals surface area contributed by atoms with Crippen LogP contribution in [0.15, 0.2) is 48.0 Å². The molecular weight excluding hydrogens is 240 g/mol. The summed E-state index contributed by atoms with van der Waals surface area (Å²) >= 11 is 0. The molecule has 1 aliphatic rings. The standard InChI is InChI=1S/C20H22/c1-4-15-12-16-8-7-11-19(20(16)13-15)18-10-6-5-9-17(18)14(2)3/h5-11,13-14H,4,12H2,1-3H3. The SMILES string of the molecule is CCC1=Cc2c(cccc2-c2ccccc2C(C)C)C1. The van der Waals surface area contributed by atoms with Crippen molar-refractivity contribution in [1.29, 1.82) is 0 Å². The Labute approximate surface area is 122 Å². The molecule has 0 aliphatic heterocycles. The molecule has 0 amide bonds. The quantitative estimate of drug-likeness (QED) is 0.653. The predicted octanol–water partition coefficient (Wildman–Crippen LogP) is 5.83. The Bertz CT molecular complexity index is 659. The van der Waals surface area contributed by atoms with Crippen LogP contribution >= 0.6 is 0 Å². The third kappa shape index (κ3) is 2.20. The Kier molecular flexibility index (Phi) is 3.48. The third-order valence-electron chi connectivity index (χ3n) is 4.29. The lowest BCUT2D eigenvalue weighted by atomic mass is 9.89. The highest BCUT2D eigenvalue weighted by Crippen LogP contribution is 2.37. The molecule has 0 unspecified atom stereocenters. The van der Waals surface area contributed by atoms with Gasteiger partial charge in [0.15, 0.2) is 0 Å². The highest BCUT2D eigenvalue weighted by molar-refractivity contribution is 5.82. The second-order valence-electron chi connectivity index (χ2n) is 5.95. The largest absolute Gasteiger partial charge is 0.0655 e. The van der Waals surface area contributed by atoms with Crippen LogP contribution in [0.2, 0.25) is 0 Å². The molecule has 0 atom stereocenters. The van der Waals surface area contributed by atoms with Gasteiger partial charge in [-0.15, -0.1) is 0 Å². The van der Waals surface area contributed by atoms with Gasteiger partial charge in [-0.2, -0.15) is 0 Å². The molecule has 1 aliphatic carbocycles. The fraction of sp³-hybridized carbons (Fsp3) is 0.300. The van der Waals surface area contributed by atoms with Crippen LogP contribution in [0.5, 0.6) is 0 Å². The molecule has 102 valence electrons. The summed E-state index contributed by atoms with van der Waals surface area (Å²) in [6, 6.07) is 15.6. The molecule has 2 aromatic carbocycles. The van der Waals surface area contributed by atoms with Crippen LogP contribution < -0.4 is 0 Å². The zero-order valence-electron chi connectivity index (χ0n) is 12.6. The maximum atomic E-state index is 2.40. The van der Waals surface area contributed by atoms with E-state index in [0.29, 0.717) is 5.92 Å². The zero-order chi connectivity index (χ0) is 14.1. The normalized spacial score (nSPS) is 13.5. The monoisotopic (exact) mass is 262 g/mol. The molecular formula is C20H22. The van der Waals surface area contributed by atoms with E-state index in [9.17, 15) is 0 Å². The van der Waals surface area contributed by atoms with Gasteiger partial charge in [0.25, 0.3) is 0 Å². The van der Waals surface area contributed by atoms with E-state index in [1.807, 2.05) is 0 Å². The molecule has 0 nitrogen and oxygen atoms in total. The van der Waals surface area contributed by atoms with Crippen LogP contribution in [0.25, 0.3) is 17.2 Å². The van der Waals surface area contributed by atoms with Crippen molar-refractivity contribution in [3.05, 3.63) is 64.7 Å². The first-order chi connectivity index (χ1) is 9.70. The summed E-state index contributed by atoms with van der Waals surface area (Å²) in [5.74, 6) is 0.554. The van der Waals surface area contributed by atoms with Gasteiger partial charge in [0.2, 0.25) is 0 Å². The van der Waals surface area contributed by atoms with Crippen LogP contribution in [0, 0.1) is 0 Å². The highest BCUT2D eigenvalue weighted by Gasteiger charge is 2.17. The summed E-state index contributed by atoms with van der Waals surface area (Å²) in [4.78, 5) is 0. The molecule has 0 saturated carbocycles. The zero-order valence-corrected chi connectivity index (χ0v) is 12.6. The smallest absolute Gasteiger partial charge is 0.00577 e.